The number of carboxylic acid groups (broad SMARTS) is 1. The van der Waals surface area contributed by atoms with Crippen LogP contribution in [0, 0.1) is 5.41 Å². The second-order valence-corrected chi connectivity index (χ2v) is 20.5. The lowest BCUT2D eigenvalue weighted by molar-refractivity contribution is -0.192. The number of aliphatic carboxylic acids is 1. The molecule has 4 heterocycles. The fourth-order valence-corrected chi connectivity index (χ4v) is 9.46. The van der Waals surface area contributed by atoms with E-state index in [1.165, 1.54) is 0 Å². The van der Waals surface area contributed by atoms with Crippen molar-refractivity contribution in [1.29, 1.82) is 0 Å². The quantitative estimate of drug-likeness (QED) is 0.0371. The number of esters is 2. The van der Waals surface area contributed by atoms with E-state index in [2.05, 4.69) is 16.0 Å². The second-order valence-electron chi connectivity index (χ2n) is 20.5. The molecule has 2 aliphatic rings. The first-order chi connectivity index (χ1) is 36.7. The summed E-state index contributed by atoms with van der Waals surface area (Å²) in [4.78, 5) is 95.8. The molecule has 4 aromatic carbocycles. The van der Waals surface area contributed by atoms with Crippen molar-refractivity contribution in [2.45, 2.75) is 116 Å². The van der Waals surface area contributed by atoms with E-state index >= 15 is 0 Å². The van der Waals surface area contributed by atoms with Gasteiger partial charge in [0.25, 0.3) is 5.56 Å². The topological polar surface area (TPSA) is 242 Å². The number of hydrogen-bond donors (Lipinski definition) is 5. The average molecular weight is 1080 g/mol. The number of carbonyl (C=O) groups is 6. The van der Waals surface area contributed by atoms with E-state index in [9.17, 15) is 47.0 Å². The molecule has 0 bridgehead atoms. The lowest BCUT2D eigenvalue weighted by atomic mass is 9.77. The Labute approximate surface area is 447 Å². The van der Waals surface area contributed by atoms with Gasteiger partial charge in [-0.1, -0.05) is 105 Å². The van der Waals surface area contributed by atoms with Gasteiger partial charge in [0.2, 0.25) is 11.8 Å². The molecule has 0 saturated heterocycles. The number of rotatable bonds is 15. The first kappa shape index (κ1) is 57.3. The van der Waals surface area contributed by atoms with Crippen LogP contribution in [0.25, 0.3) is 22.3 Å². The summed E-state index contributed by atoms with van der Waals surface area (Å²) in [6, 6.07) is 34.0. The van der Waals surface area contributed by atoms with E-state index < -0.39 is 76.6 Å². The Bertz CT molecular complexity index is 3230. The third-order valence-electron chi connectivity index (χ3n) is 13.5. The van der Waals surface area contributed by atoms with Gasteiger partial charge in [0.1, 0.15) is 29.5 Å². The number of aryl methyl sites for hydroxylation is 1. The fraction of sp³-hybridized carbons (Fsp3) is 0.345. The molecule has 0 saturated carbocycles. The number of alkyl halides is 3. The van der Waals surface area contributed by atoms with Gasteiger partial charge in [0.05, 0.1) is 40.8 Å². The van der Waals surface area contributed by atoms with E-state index in [1.54, 1.807) is 70.4 Å². The number of benzene rings is 4. The first-order valence-corrected chi connectivity index (χ1v) is 25.1. The smallest absolute Gasteiger partial charge is 0.475 e. The molecular weight excluding hydrogens is 1020 g/mol. The van der Waals surface area contributed by atoms with Gasteiger partial charge in [0.15, 0.2) is 5.60 Å². The number of cyclic esters (lactones) is 1. The number of nitrogens with one attached hydrogen (secondary N) is 3. The highest BCUT2D eigenvalue weighted by Crippen LogP contribution is 2.42. The molecule has 8 rings (SSSR count). The van der Waals surface area contributed by atoms with Crippen LogP contribution < -0.4 is 26.2 Å². The molecule has 1 unspecified atom stereocenters. The van der Waals surface area contributed by atoms with Crippen molar-refractivity contribution in [3.8, 4) is 17.1 Å². The van der Waals surface area contributed by atoms with Gasteiger partial charge in [-0.05, 0) is 100 Å². The second kappa shape index (κ2) is 22.7. The van der Waals surface area contributed by atoms with Crippen LogP contribution >= 0.6 is 0 Å². The summed E-state index contributed by atoms with van der Waals surface area (Å²) in [6.07, 6.45) is -5.69. The first-order valence-electron chi connectivity index (χ1n) is 25.1. The fourth-order valence-electron chi connectivity index (χ4n) is 9.46. The average Bonchev–Trinajstić information content (AvgIpc) is 3.96. The van der Waals surface area contributed by atoms with Crippen LogP contribution in [0.4, 0.5) is 18.0 Å². The van der Waals surface area contributed by atoms with Crippen LogP contribution in [0.3, 0.4) is 0 Å². The molecular formula is C58H60F3N5O12. The van der Waals surface area contributed by atoms with Crippen LogP contribution in [0.15, 0.2) is 120 Å². The minimum Gasteiger partial charge on any atom is -0.475 e. The number of alkyl carbamates (subject to hydrolysis) is 1. The Morgan fingerprint density at radius 2 is 1.38 bits per heavy atom. The van der Waals surface area contributed by atoms with Gasteiger partial charge in [-0.15, -0.1) is 0 Å². The Kier molecular flexibility index (Phi) is 16.7. The lowest BCUT2D eigenvalue weighted by Crippen LogP contribution is -2.53. The van der Waals surface area contributed by atoms with Crippen molar-refractivity contribution in [3.05, 3.63) is 165 Å². The maximum absolute atomic E-state index is 14.4. The molecule has 2 atom stereocenters. The predicted molar refractivity (Wildman–Crippen MR) is 280 cm³/mol. The molecule has 2 aromatic heterocycles. The summed E-state index contributed by atoms with van der Waals surface area (Å²) in [5.41, 5.74) is 0.693. The monoisotopic (exact) mass is 1080 g/mol. The highest BCUT2D eigenvalue weighted by Gasteiger charge is 2.46. The van der Waals surface area contributed by atoms with Crippen LogP contribution in [0.5, 0.6) is 5.75 Å². The molecule has 5 N–H and O–H groups in total. The summed E-state index contributed by atoms with van der Waals surface area (Å²) in [6.45, 7) is 12.1. The van der Waals surface area contributed by atoms with Crippen molar-refractivity contribution in [1.82, 2.24) is 25.5 Å². The number of halogens is 3. The number of nitrogens with zero attached hydrogens (tertiary/aromatic N) is 2. The summed E-state index contributed by atoms with van der Waals surface area (Å²) in [5, 5.41) is 27.8. The summed E-state index contributed by atoms with van der Waals surface area (Å²) in [5.74, 6) is -5.03. The van der Waals surface area contributed by atoms with Gasteiger partial charge >= 0.3 is 30.2 Å². The van der Waals surface area contributed by atoms with Crippen LogP contribution in [-0.2, 0) is 64.2 Å². The molecule has 0 spiro atoms. The molecule has 3 amide bonds. The number of carbonyl (C=O) groups excluding carboxylic acids is 5. The van der Waals surface area contributed by atoms with Crippen molar-refractivity contribution >= 4 is 46.7 Å². The van der Waals surface area contributed by atoms with Crippen LogP contribution in [0.1, 0.15) is 107 Å². The molecule has 78 heavy (non-hydrogen) atoms. The Morgan fingerprint density at radius 3 is 1.90 bits per heavy atom. The maximum Gasteiger partial charge on any atom is 0.490 e. The standard InChI is InChI=1S/C56H59N5O10.C2HF3O2/c1-8-38-39-29-37(25-26-43(39)58-47-40(38)32-61-45(47)30-42-41(49(61)64)33-69-51(66)55(42,68)9-2)70-50(65)54(6,7)27-28-57-48(63)44(59-52(67)71-53(3,4)5)31-46(62)60-56(34-19-13-10-14-20-34,35-21-15-11-16-22-35)36-23-17-12-18-24-36;3-2(4,5)1(6)7/h10-26,29-30,44,68H,8-9,27-28,31-33H2,1-7H3,(H,57,63)(H,59,67)(H,60,62);(H,6,7)/t44?,55-;/m0./s1. The Hall–Kier alpha value is -8.39. The lowest BCUT2D eigenvalue weighted by Gasteiger charge is -2.37. The van der Waals surface area contributed by atoms with Crippen molar-refractivity contribution in [3.63, 3.8) is 0 Å². The van der Waals surface area contributed by atoms with E-state index in [0.717, 1.165) is 33.2 Å². The molecule has 410 valence electrons. The number of carboxylic acids is 1. The SMILES string of the molecule is CCc1c2c(nc3ccc(OC(=O)C(C)(C)CCNC(=O)C(CC(=O)NC(c4ccccc4)(c4ccccc4)c4ccccc4)NC(=O)OC(C)(C)C)cc13)-c1cc3c(c(=O)n1C2)COC(=O)[C@]3(O)CC.O=C(O)C(F)(F)F. The number of fused-ring (bicyclic) bond motifs is 5. The normalized spacial score (nSPS) is 15.2. The minimum atomic E-state index is -5.08. The van der Waals surface area contributed by atoms with Gasteiger partial charge < -0.3 is 44.9 Å². The van der Waals surface area contributed by atoms with Crippen LogP contribution in [0.2, 0.25) is 0 Å². The highest BCUT2D eigenvalue weighted by atomic mass is 19.4. The molecule has 20 heteroatoms. The van der Waals surface area contributed by atoms with Gasteiger partial charge in [-0.25, -0.2) is 19.4 Å². The van der Waals surface area contributed by atoms with Crippen molar-refractivity contribution in [2.75, 3.05) is 6.54 Å². The third-order valence-corrected chi connectivity index (χ3v) is 13.5. The van der Waals surface area contributed by atoms with Crippen molar-refractivity contribution < 1.29 is 66.4 Å². The largest absolute Gasteiger partial charge is 0.490 e. The van der Waals surface area contributed by atoms with E-state index in [0.29, 0.717) is 23.3 Å². The number of ether oxygens (including phenoxy) is 3. The van der Waals surface area contributed by atoms with Gasteiger partial charge in [-0.3, -0.25) is 19.2 Å². The number of aliphatic hydroxyl groups is 1. The molecule has 0 radical (unpaired) electrons. The number of pyridine rings is 2. The Morgan fingerprint density at radius 1 is 0.821 bits per heavy atom. The zero-order chi connectivity index (χ0) is 57.0. The Balaban J connectivity index is 0.00000118. The molecule has 0 aliphatic carbocycles. The van der Waals surface area contributed by atoms with Gasteiger partial charge in [0, 0.05) is 23.1 Å². The zero-order valence-electron chi connectivity index (χ0n) is 44.0. The highest BCUT2D eigenvalue weighted by molar-refractivity contribution is 5.93. The number of amides is 3. The molecule has 0 fully saturated rings. The molecule has 6 aromatic rings. The minimum absolute atomic E-state index is 0.00983. The summed E-state index contributed by atoms with van der Waals surface area (Å²) in [7, 11) is 0. The van der Waals surface area contributed by atoms with E-state index in [1.807, 2.05) is 97.9 Å². The summed E-state index contributed by atoms with van der Waals surface area (Å²) < 4.78 is 50.0. The molecule has 2 aliphatic heterocycles. The van der Waals surface area contributed by atoms with Gasteiger partial charge in [-0.2, -0.15) is 13.2 Å². The van der Waals surface area contributed by atoms with E-state index in [4.69, 9.17) is 29.1 Å². The van der Waals surface area contributed by atoms with Crippen molar-refractivity contribution in [2.24, 2.45) is 5.41 Å². The van der Waals surface area contributed by atoms with Crippen LogP contribution in [-0.4, -0.2) is 79.9 Å². The third kappa shape index (κ3) is 12.1. The van der Waals surface area contributed by atoms with E-state index in [-0.39, 0.29) is 55.0 Å². The molecule has 17 nitrogen and oxygen atoms in total. The number of aromatic nitrogens is 2. The zero-order valence-corrected chi connectivity index (χ0v) is 44.0. The maximum atomic E-state index is 14.4. The number of hydrogen-bond acceptors (Lipinski definition) is 12. The predicted octanol–water partition coefficient (Wildman–Crippen LogP) is 8.10. The summed E-state index contributed by atoms with van der Waals surface area (Å²) >= 11 is 0.